The number of carbonyl (C=O) groups is 1. The highest BCUT2D eigenvalue weighted by atomic mass is 35.5. The Morgan fingerprint density at radius 2 is 1.60 bits per heavy atom. The normalized spacial score (nSPS) is 17.6. The number of fused-ring (bicyclic) bond motifs is 2. The molecule has 5 atom stereocenters. The molecule has 1 amide bonds. The summed E-state index contributed by atoms with van der Waals surface area (Å²) in [4.78, 5) is 18.8. The SMILES string of the molecule is C[C@@H]1c2c(C(F)(F)F)nn(CC(=O)N[C@@H](Cc3cc(F)cc(F)c3)c3nc(C#CC(C)(C)S(C)(=O)=O)ccc3-c3ccc(Cl)c4c(N(COC(O)[C@@H](C)N)S(C)(=O)=O)nn(CC(F)(F)F)c34)c2C(F)(F)[C@@H]1C. The number of halogens is 11. The van der Waals surface area contributed by atoms with Crippen LogP contribution in [0, 0.1) is 29.4 Å². The number of pyridine rings is 1. The molecular weight excluding hydrogens is 1040 g/mol. The third-order valence-electron chi connectivity index (χ3n) is 11.9. The van der Waals surface area contributed by atoms with E-state index in [1.807, 2.05) is 0 Å². The van der Waals surface area contributed by atoms with Gasteiger partial charge in [-0.1, -0.05) is 37.4 Å². The third kappa shape index (κ3) is 11.6. The first-order valence-corrected chi connectivity index (χ1v) is 25.4. The fourth-order valence-electron chi connectivity index (χ4n) is 7.81. The Bertz CT molecular complexity index is 3200. The maximum absolute atomic E-state index is 15.8. The van der Waals surface area contributed by atoms with Crippen molar-refractivity contribution in [3.8, 4) is 23.0 Å². The summed E-state index contributed by atoms with van der Waals surface area (Å²) >= 11 is 6.64. The highest BCUT2D eigenvalue weighted by molar-refractivity contribution is 7.92. The van der Waals surface area contributed by atoms with Gasteiger partial charge < -0.3 is 20.9 Å². The van der Waals surface area contributed by atoms with Gasteiger partial charge in [0.25, 0.3) is 5.92 Å². The Morgan fingerprint density at radius 1 is 0.986 bits per heavy atom. The molecule has 0 spiro atoms. The van der Waals surface area contributed by atoms with Gasteiger partial charge in [-0.3, -0.25) is 14.2 Å². The second-order valence-electron chi connectivity index (χ2n) is 17.8. The van der Waals surface area contributed by atoms with E-state index in [0.29, 0.717) is 21.3 Å². The second-order valence-corrected chi connectivity index (χ2v) is 22.7. The molecule has 1 aliphatic rings. The molecular formula is C44H45ClF10N8O7S2. The van der Waals surface area contributed by atoms with E-state index in [1.54, 1.807) is 0 Å². The van der Waals surface area contributed by atoms with Crippen LogP contribution >= 0.6 is 11.6 Å². The van der Waals surface area contributed by atoms with E-state index < -0.39 is 161 Å². The van der Waals surface area contributed by atoms with Gasteiger partial charge in [-0.25, -0.2) is 34.9 Å². The van der Waals surface area contributed by atoms with E-state index in [-0.39, 0.29) is 27.1 Å². The van der Waals surface area contributed by atoms with Gasteiger partial charge >= 0.3 is 12.4 Å². The van der Waals surface area contributed by atoms with Crippen molar-refractivity contribution in [3.63, 3.8) is 0 Å². The first kappa shape index (κ1) is 55.8. The Morgan fingerprint density at radius 3 is 2.15 bits per heavy atom. The Kier molecular flexibility index (Phi) is 15.3. The lowest BCUT2D eigenvalue weighted by molar-refractivity contribution is -0.143. The molecule has 2 aromatic carbocycles. The summed E-state index contributed by atoms with van der Waals surface area (Å²) in [6, 6.07) is 3.83. The molecule has 392 valence electrons. The van der Waals surface area contributed by atoms with E-state index in [0.717, 1.165) is 44.4 Å². The van der Waals surface area contributed by atoms with Crippen molar-refractivity contribution in [2.45, 2.75) is 101 Å². The number of sulfone groups is 1. The summed E-state index contributed by atoms with van der Waals surface area (Å²) < 4.78 is 204. The fraction of sp³-hybridized carbons (Fsp3) is 0.455. The number of nitrogens with two attached hydrogens (primary N) is 1. The van der Waals surface area contributed by atoms with Crippen LogP contribution in [0.1, 0.15) is 80.5 Å². The number of aliphatic hydroxyl groups excluding tert-OH is 1. The first-order chi connectivity index (χ1) is 32.9. The molecule has 0 fully saturated rings. The number of sulfonamides is 1. The number of alkyl halides is 8. The summed E-state index contributed by atoms with van der Waals surface area (Å²) in [7, 11) is -8.47. The number of amides is 1. The van der Waals surface area contributed by atoms with Crippen LogP contribution in [0.5, 0.6) is 0 Å². The Balaban J connectivity index is 1.65. The van der Waals surface area contributed by atoms with Crippen molar-refractivity contribution in [2.24, 2.45) is 11.7 Å². The number of nitrogens with zero attached hydrogens (tertiary/aromatic N) is 6. The quantitative estimate of drug-likeness (QED) is 0.0538. The van der Waals surface area contributed by atoms with E-state index in [4.69, 9.17) is 22.1 Å². The third-order valence-corrected chi connectivity index (χ3v) is 15.3. The summed E-state index contributed by atoms with van der Waals surface area (Å²) in [5, 5.41) is 19.2. The van der Waals surface area contributed by atoms with E-state index in [2.05, 4.69) is 32.3 Å². The highest BCUT2D eigenvalue weighted by Gasteiger charge is 2.57. The summed E-state index contributed by atoms with van der Waals surface area (Å²) in [5.74, 6) is -6.27. The van der Waals surface area contributed by atoms with Crippen LogP contribution in [0.4, 0.5) is 49.7 Å². The Hall–Kier alpha value is -5.53. The maximum atomic E-state index is 15.8. The lowest BCUT2D eigenvalue weighted by atomic mass is 9.93. The van der Waals surface area contributed by atoms with Crippen molar-refractivity contribution in [1.82, 2.24) is 29.9 Å². The van der Waals surface area contributed by atoms with Crippen LogP contribution in [0.3, 0.4) is 0 Å². The number of nitrogens with one attached hydrogen (secondary N) is 1. The molecule has 4 N–H and O–H groups in total. The second kappa shape index (κ2) is 19.7. The van der Waals surface area contributed by atoms with Gasteiger partial charge in [0.15, 0.2) is 27.6 Å². The van der Waals surface area contributed by atoms with Crippen molar-refractivity contribution in [1.29, 1.82) is 0 Å². The molecule has 6 rings (SSSR count). The number of benzene rings is 2. The van der Waals surface area contributed by atoms with Crippen LogP contribution in [0.25, 0.3) is 22.0 Å². The van der Waals surface area contributed by atoms with Gasteiger partial charge in [0.1, 0.15) is 47.6 Å². The van der Waals surface area contributed by atoms with Gasteiger partial charge in [0, 0.05) is 34.9 Å². The molecule has 3 heterocycles. The number of ether oxygens (including phenoxy) is 1. The monoisotopic (exact) mass is 1090 g/mol. The van der Waals surface area contributed by atoms with Crippen LogP contribution in [0.15, 0.2) is 42.5 Å². The summed E-state index contributed by atoms with van der Waals surface area (Å²) in [6.07, 6.45) is -11.3. The Labute approximate surface area is 410 Å². The highest BCUT2D eigenvalue weighted by Crippen LogP contribution is 2.55. The van der Waals surface area contributed by atoms with Crippen molar-refractivity contribution in [3.05, 3.63) is 93.0 Å². The van der Waals surface area contributed by atoms with Gasteiger partial charge in [-0.2, -0.15) is 45.3 Å². The molecule has 1 aliphatic carbocycles. The number of hydrogen-bond acceptors (Lipinski definition) is 11. The largest absolute Gasteiger partial charge is 0.435 e. The molecule has 0 bridgehead atoms. The molecule has 5 aromatic rings. The van der Waals surface area contributed by atoms with E-state index in [9.17, 15) is 61.9 Å². The lowest BCUT2D eigenvalue weighted by Gasteiger charge is -2.24. The number of aromatic nitrogens is 5. The van der Waals surface area contributed by atoms with Gasteiger partial charge in [-0.15, -0.1) is 0 Å². The van der Waals surface area contributed by atoms with Crippen molar-refractivity contribution < 1.29 is 75.4 Å². The molecule has 0 saturated carbocycles. The van der Waals surface area contributed by atoms with Gasteiger partial charge in [0.2, 0.25) is 15.9 Å². The number of aliphatic hydroxyl groups is 1. The molecule has 28 heteroatoms. The number of carbonyl (C=O) groups excluding carboxylic acids is 1. The van der Waals surface area contributed by atoms with Crippen molar-refractivity contribution in [2.75, 3.05) is 23.5 Å². The summed E-state index contributed by atoms with van der Waals surface area (Å²) in [6.45, 7) is 1.62. The van der Waals surface area contributed by atoms with Crippen LogP contribution in [-0.2, 0) is 61.0 Å². The average molecular weight is 1090 g/mol. The molecule has 72 heavy (non-hydrogen) atoms. The topological polar surface area (TPSA) is 205 Å². The minimum atomic E-state index is -5.26. The van der Waals surface area contributed by atoms with Crippen LogP contribution < -0.4 is 15.4 Å². The van der Waals surface area contributed by atoms with Gasteiger partial charge in [-0.05, 0) is 74.9 Å². The number of rotatable bonds is 15. The number of anilines is 1. The minimum Gasteiger partial charge on any atom is -0.367 e. The fourth-order valence-corrected chi connectivity index (χ4v) is 8.98. The molecule has 15 nitrogen and oxygen atoms in total. The smallest absolute Gasteiger partial charge is 0.367 e. The molecule has 0 aliphatic heterocycles. The molecule has 3 aromatic heterocycles. The first-order valence-electron chi connectivity index (χ1n) is 21.3. The summed E-state index contributed by atoms with van der Waals surface area (Å²) in [5.41, 5.74) is -0.186. The zero-order valence-corrected chi connectivity index (χ0v) is 41.3. The van der Waals surface area contributed by atoms with Gasteiger partial charge in [0.05, 0.1) is 40.0 Å². The van der Waals surface area contributed by atoms with E-state index >= 15 is 8.78 Å². The number of hydrogen-bond donors (Lipinski definition) is 3. The standard InChI is InChI=1S/C44H45ClF10N8O7S2/c1-21-22(2)43(51,52)38-33(21)37(44(53,54)55)59-61(38)18-32(64)58-31(16-24-14-25(46)17-26(47)15-24)35-28(9-8-27(57-35)12-13-41(4,5)71(6,66)67)29-10-11-30(45)34-36(29)62(19-42(48,49)50)60-39(34)63(72(7,68)69)20-70-40(65)23(3)56/h8-11,14-15,17,21-23,31,40,65H,16,18-20,56H2,1-7H3,(H,58,64)/t21-,22+,23+,31-,40?/m0/s1. The zero-order valence-electron chi connectivity index (χ0n) is 38.9. The van der Waals surface area contributed by atoms with E-state index in [1.165, 1.54) is 32.9 Å². The molecule has 1 unspecified atom stereocenters. The van der Waals surface area contributed by atoms with Crippen molar-refractivity contribution >= 4 is 54.1 Å². The zero-order chi connectivity index (χ0) is 54.0. The predicted molar refractivity (Wildman–Crippen MR) is 242 cm³/mol. The van der Waals surface area contributed by atoms with Crippen LogP contribution in [0.2, 0.25) is 5.02 Å². The lowest BCUT2D eigenvalue weighted by Crippen LogP contribution is -2.40. The average Bonchev–Trinajstić information content (AvgIpc) is 3.85. The maximum Gasteiger partial charge on any atom is 0.435 e. The van der Waals surface area contributed by atoms with Crippen LogP contribution in [-0.4, -0.2) is 94.9 Å². The molecule has 0 radical (unpaired) electrons. The minimum absolute atomic E-state index is 0.181. The predicted octanol–water partition coefficient (Wildman–Crippen LogP) is 7.33. The molecule has 0 saturated heterocycles.